The average Bonchev–Trinajstić information content (AvgIpc) is 2.01. The number of carbonyl (C=O) groups is 1. The molecule has 0 radical (unpaired) electrons. The Morgan fingerprint density at radius 2 is 2.00 bits per heavy atom. The third kappa shape index (κ3) is 3.53. The first-order valence-corrected chi connectivity index (χ1v) is 4.42. The number of carbonyl (C=O) groups excluding carboxylic acids is 1. The number of rotatable bonds is 2. The number of amides is 1. The van der Waals surface area contributed by atoms with Gasteiger partial charge in [0.05, 0.1) is 6.10 Å². The van der Waals surface area contributed by atoms with Crippen LogP contribution in [0.2, 0.25) is 0 Å². The molecule has 0 aromatic heterocycles. The topological polar surface area (TPSA) is 52.3 Å². The summed E-state index contributed by atoms with van der Waals surface area (Å²) in [5.41, 5.74) is 5.02. The number of hydrogen-bond acceptors (Lipinski definition) is 2. The molecule has 1 aliphatic carbocycles. The predicted molar refractivity (Wildman–Crippen MR) is 42.1 cm³/mol. The van der Waals surface area contributed by atoms with Gasteiger partial charge in [-0.25, -0.2) is 0 Å². The molecule has 6 heteroatoms. The van der Waals surface area contributed by atoms with Gasteiger partial charge < -0.3 is 5.73 Å². The first kappa shape index (κ1) is 11.3. The molecule has 1 saturated carbocycles. The summed E-state index contributed by atoms with van der Waals surface area (Å²) >= 11 is 0. The lowest BCUT2D eigenvalue weighted by molar-refractivity contribution is -0.346. The number of halogens is 3. The monoisotopic (exact) mass is 211 g/mol. The Hall–Kier alpha value is -0.780. The van der Waals surface area contributed by atoms with Gasteiger partial charge in [0, 0.05) is 5.92 Å². The minimum Gasteiger partial charge on any atom is -0.369 e. The molecule has 82 valence electrons. The standard InChI is InChI=1S/C8H12F3NO2/c9-8(10,11)14-6-3-1-2-5(4-6)7(12)13/h5-6H,1-4H2,(H2,12,13). The fraction of sp³-hybridized carbons (Fsp3) is 0.875. The van der Waals surface area contributed by atoms with Crippen LogP contribution in [0.1, 0.15) is 25.7 Å². The average molecular weight is 211 g/mol. The second-order valence-corrected chi connectivity index (χ2v) is 3.45. The smallest absolute Gasteiger partial charge is 0.369 e. The van der Waals surface area contributed by atoms with E-state index >= 15 is 0 Å². The van der Waals surface area contributed by atoms with Crippen LogP contribution in [0.25, 0.3) is 0 Å². The van der Waals surface area contributed by atoms with Gasteiger partial charge >= 0.3 is 6.36 Å². The summed E-state index contributed by atoms with van der Waals surface area (Å²) in [5, 5.41) is 0. The van der Waals surface area contributed by atoms with Crippen LogP contribution in [0.4, 0.5) is 13.2 Å². The molecule has 0 aromatic carbocycles. The van der Waals surface area contributed by atoms with Crippen molar-refractivity contribution < 1.29 is 22.7 Å². The molecule has 0 aromatic rings. The zero-order valence-corrected chi connectivity index (χ0v) is 7.51. The lowest BCUT2D eigenvalue weighted by atomic mass is 9.87. The van der Waals surface area contributed by atoms with Gasteiger partial charge in [-0.1, -0.05) is 6.42 Å². The lowest BCUT2D eigenvalue weighted by Gasteiger charge is -2.27. The first-order chi connectivity index (χ1) is 6.38. The molecule has 0 aliphatic heterocycles. The van der Waals surface area contributed by atoms with E-state index in [-0.39, 0.29) is 6.42 Å². The van der Waals surface area contributed by atoms with Crippen molar-refractivity contribution in [2.24, 2.45) is 11.7 Å². The Bertz CT molecular complexity index is 217. The molecular weight excluding hydrogens is 199 g/mol. The van der Waals surface area contributed by atoms with E-state index in [1.807, 2.05) is 0 Å². The van der Waals surface area contributed by atoms with Crippen LogP contribution in [-0.2, 0) is 9.53 Å². The molecule has 0 heterocycles. The Balaban J connectivity index is 2.44. The zero-order valence-electron chi connectivity index (χ0n) is 7.51. The molecule has 1 aliphatic rings. The quantitative estimate of drug-likeness (QED) is 0.753. The predicted octanol–water partition coefficient (Wildman–Crippen LogP) is 1.57. The molecule has 14 heavy (non-hydrogen) atoms. The molecule has 1 fully saturated rings. The summed E-state index contributed by atoms with van der Waals surface area (Å²) in [7, 11) is 0. The van der Waals surface area contributed by atoms with Crippen LogP contribution in [-0.4, -0.2) is 18.4 Å². The van der Waals surface area contributed by atoms with Gasteiger partial charge in [-0.3, -0.25) is 9.53 Å². The molecule has 0 bridgehead atoms. The van der Waals surface area contributed by atoms with Gasteiger partial charge in [0.1, 0.15) is 0 Å². The summed E-state index contributed by atoms with van der Waals surface area (Å²) in [6, 6.07) is 0. The third-order valence-corrected chi connectivity index (χ3v) is 2.33. The summed E-state index contributed by atoms with van der Waals surface area (Å²) in [6.45, 7) is 0. The number of nitrogens with two attached hydrogens (primary N) is 1. The normalized spacial score (nSPS) is 28.8. The number of primary amides is 1. The van der Waals surface area contributed by atoms with Gasteiger partial charge in [-0.2, -0.15) is 0 Å². The summed E-state index contributed by atoms with van der Waals surface area (Å²) in [5.74, 6) is -1.02. The number of alkyl halides is 3. The Kier molecular flexibility index (Phi) is 3.36. The highest BCUT2D eigenvalue weighted by atomic mass is 19.4. The Labute approximate surface area is 79.4 Å². The van der Waals surface area contributed by atoms with E-state index < -0.39 is 24.3 Å². The summed E-state index contributed by atoms with van der Waals surface area (Å²) in [6.07, 6.45) is -4.01. The Morgan fingerprint density at radius 1 is 1.36 bits per heavy atom. The number of ether oxygens (including phenoxy) is 1. The minimum absolute atomic E-state index is 0.0782. The molecule has 2 unspecified atom stereocenters. The van der Waals surface area contributed by atoms with Gasteiger partial charge in [-0.05, 0) is 19.3 Å². The van der Waals surface area contributed by atoms with Crippen molar-refractivity contribution in [3.8, 4) is 0 Å². The second kappa shape index (κ2) is 4.16. The highest BCUT2D eigenvalue weighted by Crippen LogP contribution is 2.30. The molecule has 2 N–H and O–H groups in total. The zero-order chi connectivity index (χ0) is 10.8. The molecular formula is C8H12F3NO2. The maximum Gasteiger partial charge on any atom is 0.522 e. The third-order valence-electron chi connectivity index (χ3n) is 2.33. The van der Waals surface area contributed by atoms with E-state index in [0.717, 1.165) is 0 Å². The van der Waals surface area contributed by atoms with E-state index in [1.165, 1.54) is 0 Å². The molecule has 2 atom stereocenters. The van der Waals surface area contributed by atoms with Crippen LogP contribution in [0, 0.1) is 5.92 Å². The molecule has 3 nitrogen and oxygen atoms in total. The summed E-state index contributed by atoms with van der Waals surface area (Å²) < 4.78 is 39.3. The van der Waals surface area contributed by atoms with Gasteiger partial charge in [-0.15, -0.1) is 13.2 Å². The molecule has 1 rings (SSSR count). The van der Waals surface area contributed by atoms with E-state index in [4.69, 9.17) is 5.73 Å². The first-order valence-electron chi connectivity index (χ1n) is 4.42. The maximum atomic E-state index is 11.8. The fourth-order valence-corrected chi connectivity index (χ4v) is 1.70. The van der Waals surface area contributed by atoms with Crippen LogP contribution in [0.15, 0.2) is 0 Å². The Morgan fingerprint density at radius 3 is 2.50 bits per heavy atom. The van der Waals surface area contributed by atoms with Crippen molar-refractivity contribution in [1.82, 2.24) is 0 Å². The van der Waals surface area contributed by atoms with Gasteiger partial charge in [0.15, 0.2) is 0 Å². The van der Waals surface area contributed by atoms with Crippen LogP contribution in [0.5, 0.6) is 0 Å². The van der Waals surface area contributed by atoms with E-state index in [1.54, 1.807) is 0 Å². The fourth-order valence-electron chi connectivity index (χ4n) is 1.70. The van der Waals surface area contributed by atoms with Gasteiger partial charge in [0.25, 0.3) is 0 Å². The van der Waals surface area contributed by atoms with E-state index in [9.17, 15) is 18.0 Å². The lowest BCUT2D eigenvalue weighted by Crippen LogP contribution is -2.34. The van der Waals surface area contributed by atoms with E-state index in [2.05, 4.69) is 4.74 Å². The van der Waals surface area contributed by atoms with Crippen LogP contribution in [0.3, 0.4) is 0 Å². The van der Waals surface area contributed by atoms with E-state index in [0.29, 0.717) is 19.3 Å². The SMILES string of the molecule is NC(=O)C1CCCC(OC(F)(F)F)C1. The maximum absolute atomic E-state index is 11.8. The van der Waals surface area contributed by atoms with Crippen LogP contribution >= 0.6 is 0 Å². The largest absolute Gasteiger partial charge is 0.522 e. The van der Waals surface area contributed by atoms with Crippen molar-refractivity contribution in [3.05, 3.63) is 0 Å². The molecule has 1 amide bonds. The van der Waals surface area contributed by atoms with Crippen molar-refractivity contribution >= 4 is 5.91 Å². The van der Waals surface area contributed by atoms with Gasteiger partial charge in [0.2, 0.25) is 5.91 Å². The highest BCUT2D eigenvalue weighted by Gasteiger charge is 2.36. The van der Waals surface area contributed by atoms with Crippen molar-refractivity contribution in [2.75, 3.05) is 0 Å². The van der Waals surface area contributed by atoms with Crippen LogP contribution < -0.4 is 5.73 Å². The number of hydrogen-bond donors (Lipinski definition) is 1. The molecule has 0 spiro atoms. The molecule has 0 saturated heterocycles. The van der Waals surface area contributed by atoms with Crippen molar-refractivity contribution in [1.29, 1.82) is 0 Å². The van der Waals surface area contributed by atoms with Crippen molar-refractivity contribution in [2.45, 2.75) is 38.1 Å². The second-order valence-electron chi connectivity index (χ2n) is 3.45. The minimum atomic E-state index is -4.62. The van der Waals surface area contributed by atoms with Crippen molar-refractivity contribution in [3.63, 3.8) is 0 Å². The summed E-state index contributed by atoms with van der Waals surface area (Å²) in [4.78, 5) is 10.8. The highest BCUT2D eigenvalue weighted by molar-refractivity contribution is 5.76.